The molecule has 106 valence electrons. The zero-order chi connectivity index (χ0) is 14.4. The van der Waals surface area contributed by atoms with E-state index in [0.717, 1.165) is 29.0 Å². The molecule has 20 heavy (non-hydrogen) atoms. The van der Waals surface area contributed by atoms with Gasteiger partial charge in [0, 0.05) is 12.1 Å². The zero-order valence-electron chi connectivity index (χ0n) is 12.1. The lowest BCUT2D eigenvalue weighted by atomic mass is 10.1. The van der Waals surface area contributed by atoms with Gasteiger partial charge in [0.1, 0.15) is 18.1 Å². The molecule has 0 amide bonds. The molecule has 2 N–H and O–H groups in total. The Morgan fingerprint density at radius 1 is 1.00 bits per heavy atom. The summed E-state index contributed by atoms with van der Waals surface area (Å²) in [6, 6.07) is 14.2. The van der Waals surface area contributed by atoms with Crippen molar-refractivity contribution in [2.24, 2.45) is 5.73 Å². The maximum absolute atomic E-state index is 5.78. The molecule has 0 heterocycles. The first-order chi connectivity index (χ1) is 9.76. The van der Waals surface area contributed by atoms with Crippen LogP contribution in [0.5, 0.6) is 11.5 Å². The van der Waals surface area contributed by atoms with Gasteiger partial charge in [-0.3, -0.25) is 0 Å². The number of benzene rings is 2. The van der Waals surface area contributed by atoms with Crippen molar-refractivity contribution in [3.05, 3.63) is 59.2 Å². The van der Waals surface area contributed by atoms with Crippen molar-refractivity contribution in [3.8, 4) is 11.5 Å². The largest absolute Gasteiger partial charge is 0.496 e. The van der Waals surface area contributed by atoms with Crippen LogP contribution in [-0.4, -0.2) is 7.11 Å². The second kappa shape index (κ2) is 6.96. The Morgan fingerprint density at radius 2 is 1.70 bits per heavy atom. The average molecular weight is 271 g/mol. The number of methoxy groups -OCH3 is 1. The Hall–Kier alpha value is -2.00. The van der Waals surface area contributed by atoms with Gasteiger partial charge in [0.05, 0.1) is 7.11 Å². The molecule has 3 nitrogen and oxygen atoms in total. The van der Waals surface area contributed by atoms with Crippen LogP contribution in [-0.2, 0) is 19.6 Å². The summed E-state index contributed by atoms with van der Waals surface area (Å²) < 4.78 is 11.1. The monoisotopic (exact) mass is 271 g/mol. The number of hydrogen-bond donors (Lipinski definition) is 1. The van der Waals surface area contributed by atoms with E-state index >= 15 is 0 Å². The first kappa shape index (κ1) is 14.4. The molecule has 2 aromatic rings. The summed E-state index contributed by atoms with van der Waals surface area (Å²) in [6.45, 7) is 3.14. The minimum atomic E-state index is 0.475. The van der Waals surface area contributed by atoms with E-state index in [1.54, 1.807) is 7.11 Å². The van der Waals surface area contributed by atoms with E-state index in [-0.39, 0.29) is 0 Å². The molecule has 0 atom stereocenters. The minimum absolute atomic E-state index is 0.475. The van der Waals surface area contributed by atoms with Crippen LogP contribution in [0.1, 0.15) is 23.6 Å². The molecule has 0 radical (unpaired) electrons. The second-order valence-corrected chi connectivity index (χ2v) is 4.64. The van der Waals surface area contributed by atoms with Gasteiger partial charge < -0.3 is 15.2 Å². The summed E-state index contributed by atoms with van der Waals surface area (Å²) in [5, 5.41) is 0. The van der Waals surface area contributed by atoms with E-state index in [2.05, 4.69) is 19.1 Å². The van der Waals surface area contributed by atoms with Crippen molar-refractivity contribution < 1.29 is 9.47 Å². The normalized spacial score (nSPS) is 10.3. The van der Waals surface area contributed by atoms with Crippen molar-refractivity contribution in [2.75, 3.05) is 7.11 Å². The van der Waals surface area contributed by atoms with Crippen molar-refractivity contribution >= 4 is 0 Å². The first-order valence-electron chi connectivity index (χ1n) is 6.84. The molecular weight excluding hydrogens is 250 g/mol. The third-order valence-electron chi connectivity index (χ3n) is 3.31. The first-order valence-corrected chi connectivity index (χ1v) is 6.84. The molecule has 0 spiro atoms. The Kier molecular flexibility index (Phi) is 5.02. The lowest BCUT2D eigenvalue weighted by Gasteiger charge is -2.11. The standard InChI is InChI=1S/C17H21NO2/c1-3-13-5-8-16(9-6-13)20-12-14-4-7-15(11-18)17(10-14)19-2/h4-10H,3,11-12,18H2,1-2H3. The van der Waals surface area contributed by atoms with Gasteiger partial charge in [0.15, 0.2) is 0 Å². The van der Waals surface area contributed by atoms with Crippen LogP contribution in [0.4, 0.5) is 0 Å². The fraction of sp³-hybridized carbons (Fsp3) is 0.294. The molecule has 2 rings (SSSR count). The highest BCUT2D eigenvalue weighted by molar-refractivity contribution is 5.37. The summed E-state index contributed by atoms with van der Waals surface area (Å²) in [6.07, 6.45) is 1.04. The molecule has 0 aliphatic rings. The number of hydrogen-bond acceptors (Lipinski definition) is 3. The maximum atomic E-state index is 5.78. The molecule has 0 saturated carbocycles. The summed E-state index contributed by atoms with van der Waals surface area (Å²) >= 11 is 0. The molecule has 0 aliphatic carbocycles. The topological polar surface area (TPSA) is 44.5 Å². The van der Waals surface area contributed by atoms with E-state index in [4.69, 9.17) is 15.2 Å². The molecule has 0 aromatic heterocycles. The van der Waals surface area contributed by atoms with E-state index in [1.165, 1.54) is 5.56 Å². The van der Waals surface area contributed by atoms with Gasteiger partial charge in [-0.05, 0) is 35.7 Å². The van der Waals surface area contributed by atoms with Crippen LogP contribution in [0.25, 0.3) is 0 Å². The van der Waals surface area contributed by atoms with Gasteiger partial charge in [-0.1, -0.05) is 31.2 Å². The van der Waals surface area contributed by atoms with Crippen LogP contribution in [0, 0.1) is 0 Å². The molecule has 0 aliphatic heterocycles. The summed E-state index contributed by atoms with van der Waals surface area (Å²) in [7, 11) is 1.66. The molecule has 0 saturated heterocycles. The Balaban J connectivity index is 2.02. The quantitative estimate of drug-likeness (QED) is 0.876. The third-order valence-corrected chi connectivity index (χ3v) is 3.31. The Morgan fingerprint density at radius 3 is 2.30 bits per heavy atom. The molecule has 2 aromatic carbocycles. The van der Waals surface area contributed by atoms with Crippen molar-refractivity contribution in [2.45, 2.75) is 26.5 Å². The van der Waals surface area contributed by atoms with E-state index in [0.29, 0.717) is 13.2 Å². The predicted molar refractivity (Wildman–Crippen MR) is 81.0 cm³/mol. The maximum Gasteiger partial charge on any atom is 0.123 e. The number of ether oxygens (including phenoxy) is 2. The lowest BCUT2D eigenvalue weighted by molar-refractivity contribution is 0.305. The van der Waals surface area contributed by atoms with E-state index in [1.807, 2.05) is 30.3 Å². The summed E-state index contributed by atoms with van der Waals surface area (Å²) in [5.41, 5.74) is 9.04. The van der Waals surface area contributed by atoms with Crippen LogP contribution in [0.3, 0.4) is 0 Å². The summed E-state index contributed by atoms with van der Waals surface area (Å²) in [4.78, 5) is 0. The van der Waals surface area contributed by atoms with Crippen LogP contribution >= 0.6 is 0 Å². The van der Waals surface area contributed by atoms with Gasteiger partial charge in [0.25, 0.3) is 0 Å². The number of rotatable bonds is 6. The fourth-order valence-electron chi connectivity index (χ4n) is 2.04. The molecular formula is C17H21NO2. The fourth-order valence-corrected chi connectivity index (χ4v) is 2.04. The SMILES string of the molecule is CCc1ccc(OCc2ccc(CN)c(OC)c2)cc1. The third kappa shape index (κ3) is 3.52. The highest BCUT2D eigenvalue weighted by Crippen LogP contribution is 2.21. The molecule has 0 fully saturated rings. The van der Waals surface area contributed by atoms with Crippen molar-refractivity contribution in [3.63, 3.8) is 0 Å². The van der Waals surface area contributed by atoms with Crippen LogP contribution in [0.2, 0.25) is 0 Å². The molecule has 3 heteroatoms. The highest BCUT2D eigenvalue weighted by atomic mass is 16.5. The summed E-state index contributed by atoms with van der Waals surface area (Å²) in [5.74, 6) is 1.69. The van der Waals surface area contributed by atoms with Crippen molar-refractivity contribution in [1.29, 1.82) is 0 Å². The van der Waals surface area contributed by atoms with Crippen molar-refractivity contribution in [1.82, 2.24) is 0 Å². The van der Waals surface area contributed by atoms with E-state index in [9.17, 15) is 0 Å². The van der Waals surface area contributed by atoms with Gasteiger partial charge in [-0.25, -0.2) is 0 Å². The predicted octanol–water partition coefficient (Wildman–Crippen LogP) is 3.30. The smallest absolute Gasteiger partial charge is 0.123 e. The molecule has 0 unspecified atom stereocenters. The lowest BCUT2D eigenvalue weighted by Crippen LogP contribution is -2.02. The Labute approximate surface area is 120 Å². The zero-order valence-corrected chi connectivity index (χ0v) is 12.1. The van der Waals surface area contributed by atoms with Crippen LogP contribution in [0.15, 0.2) is 42.5 Å². The average Bonchev–Trinajstić information content (AvgIpc) is 2.53. The number of nitrogens with two attached hydrogens (primary N) is 1. The van der Waals surface area contributed by atoms with E-state index < -0.39 is 0 Å². The minimum Gasteiger partial charge on any atom is -0.496 e. The number of aryl methyl sites for hydroxylation is 1. The Bertz CT molecular complexity index is 549. The molecule has 0 bridgehead atoms. The van der Waals surface area contributed by atoms with Gasteiger partial charge in [-0.15, -0.1) is 0 Å². The van der Waals surface area contributed by atoms with Crippen LogP contribution < -0.4 is 15.2 Å². The second-order valence-electron chi connectivity index (χ2n) is 4.64. The van der Waals surface area contributed by atoms with Gasteiger partial charge in [0.2, 0.25) is 0 Å². The van der Waals surface area contributed by atoms with Gasteiger partial charge in [-0.2, -0.15) is 0 Å². The highest BCUT2D eigenvalue weighted by Gasteiger charge is 2.03. The van der Waals surface area contributed by atoms with Gasteiger partial charge >= 0.3 is 0 Å².